The Kier molecular flexibility index (Phi) is 4.32. The predicted octanol–water partition coefficient (Wildman–Crippen LogP) is -0.597. The molecule has 2 aromatic rings. The molecule has 0 saturated carbocycles. The fraction of sp³-hybridized carbons (Fsp3) is 0.0909. The third kappa shape index (κ3) is 2.59. The van der Waals surface area contributed by atoms with Gasteiger partial charge in [-0.15, -0.1) is 0 Å². The molecular formula is C11H9IN2S. The predicted molar refractivity (Wildman–Crippen MR) is 59.8 cm³/mol. The van der Waals surface area contributed by atoms with Crippen molar-refractivity contribution in [3.8, 4) is 0 Å². The van der Waals surface area contributed by atoms with E-state index in [4.69, 9.17) is 0 Å². The van der Waals surface area contributed by atoms with Crippen molar-refractivity contribution in [1.82, 2.24) is 0 Å². The first-order valence-corrected chi connectivity index (χ1v) is 4.68. The average Bonchev–Trinajstić information content (AvgIpc) is 2.19. The van der Waals surface area contributed by atoms with Crippen LogP contribution in [0.5, 0.6) is 0 Å². The fourth-order valence-corrected chi connectivity index (χ4v) is 1.53. The highest BCUT2D eigenvalue weighted by Crippen LogP contribution is 2.15. The fourth-order valence-electron chi connectivity index (χ4n) is 1.43. The molecule has 0 aliphatic rings. The van der Waals surface area contributed by atoms with Crippen LogP contribution < -0.4 is 28.5 Å². The molecule has 0 unspecified atom stereocenters. The van der Waals surface area contributed by atoms with Crippen LogP contribution in [0, 0.1) is 0 Å². The van der Waals surface area contributed by atoms with Gasteiger partial charge < -0.3 is 24.0 Å². The first-order valence-electron chi connectivity index (χ1n) is 4.27. The number of halogens is 1. The van der Waals surface area contributed by atoms with E-state index in [9.17, 15) is 0 Å². The largest absolute Gasteiger partial charge is 1.00 e. The molecule has 2 nitrogen and oxygen atoms in total. The van der Waals surface area contributed by atoms with E-state index in [0.717, 1.165) is 11.2 Å². The summed E-state index contributed by atoms with van der Waals surface area (Å²) in [6.45, 7) is 0. The molecule has 1 aromatic carbocycles. The van der Waals surface area contributed by atoms with E-state index in [1.165, 1.54) is 5.39 Å². The Morgan fingerprint density at radius 1 is 1.27 bits per heavy atom. The minimum Gasteiger partial charge on any atom is -1.00 e. The van der Waals surface area contributed by atoms with Gasteiger partial charge in [0.1, 0.15) is 0 Å². The smallest absolute Gasteiger partial charge is 0.334 e. The van der Waals surface area contributed by atoms with Crippen LogP contribution in [0.1, 0.15) is 0 Å². The van der Waals surface area contributed by atoms with E-state index >= 15 is 0 Å². The number of nitrogens with zero attached hydrogens (tertiary/aromatic N) is 2. The Balaban J connectivity index is 0.00000112. The molecule has 0 aliphatic carbocycles. The topological polar surface area (TPSA) is 16.2 Å². The van der Waals surface area contributed by atoms with Gasteiger partial charge in [0.25, 0.3) is 0 Å². The monoisotopic (exact) mass is 328 g/mol. The summed E-state index contributed by atoms with van der Waals surface area (Å²) in [6.07, 6.45) is 2.03. The van der Waals surface area contributed by atoms with Gasteiger partial charge in [0.15, 0.2) is 0 Å². The molecule has 0 radical (unpaired) electrons. The Morgan fingerprint density at radius 2 is 1.93 bits per heavy atom. The van der Waals surface area contributed by atoms with Gasteiger partial charge in [-0.05, 0) is 5.39 Å². The van der Waals surface area contributed by atoms with Crippen LogP contribution in [-0.2, 0) is 7.05 Å². The number of hydrogen-bond donors (Lipinski definition) is 0. The van der Waals surface area contributed by atoms with E-state index in [1.807, 2.05) is 36.0 Å². The Bertz CT molecular complexity index is 533. The molecule has 0 bridgehead atoms. The molecule has 0 atom stereocenters. The number of rotatable bonds is 1. The van der Waals surface area contributed by atoms with Gasteiger partial charge in [-0.25, -0.2) is 4.57 Å². The molecule has 1 aromatic heterocycles. The van der Waals surface area contributed by atoms with Gasteiger partial charge in [0.05, 0.1) is 13.2 Å². The lowest BCUT2D eigenvalue weighted by atomic mass is 10.2. The Morgan fingerprint density at radius 3 is 2.60 bits per heavy atom. The zero-order chi connectivity index (χ0) is 9.97. The Labute approximate surface area is 111 Å². The third-order valence-electron chi connectivity index (χ3n) is 2.13. The minimum atomic E-state index is 0. The Hall–Kier alpha value is -0.840. The van der Waals surface area contributed by atoms with Gasteiger partial charge in [-0.3, -0.25) is 0 Å². The number of aliphatic imine (C=N–C) groups is 1. The molecular weight excluding hydrogens is 319 g/mol. The zero-order valence-corrected chi connectivity index (χ0v) is 11.1. The summed E-state index contributed by atoms with van der Waals surface area (Å²) >= 11 is 4.59. The molecule has 15 heavy (non-hydrogen) atoms. The maximum atomic E-state index is 4.59. The number of aromatic nitrogens is 1. The van der Waals surface area contributed by atoms with Crippen LogP contribution in [0.3, 0.4) is 0 Å². The molecule has 0 fully saturated rings. The zero-order valence-electron chi connectivity index (χ0n) is 8.14. The highest BCUT2D eigenvalue weighted by molar-refractivity contribution is 7.78. The van der Waals surface area contributed by atoms with Gasteiger partial charge in [0.2, 0.25) is 5.16 Å². The molecule has 0 N–H and O–H groups in total. The lowest BCUT2D eigenvalue weighted by molar-refractivity contribution is -0.656. The molecule has 0 aliphatic heterocycles. The van der Waals surface area contributed by atoms with Crippen molar-refractivity contribution in [3.05, 3.63) is 36.5 Å². The van der Waals surface area contributed by atoms with Crippen LogP contribution in [0.25, 0.3) is 10.8 Å². The summed E-state index contributed by atoms with van der Waals surface area (Å²) in [5.41, 5.74) is 0. The number of fused-ring (bicyclic) bond motifs is 1. The van der Waals surface area contributed by atoms with Crippen LogP contribution in [0.15, 0.2) is 41.5 Å². The minimum absolute atomic E-state index is 0. The van der Waals surface area contributed by atoms with Crippen LogP contribution in [0.4, 0.5) is 5.82 Å². The first kappa shape index (κ1) is 12.2. The quantitative estimate of drug-likeness (QED) is 0.296. The number of pyridine rings is 1. The maximum absolute atomic E-state index is 4.59. The van der Waals surface area contributed by atoms with E-state index in [1.54, 1.807) is 0 Å². The first-order chi connectivity index (χ1) is 6.81. The molecule has 0 spiro atoms. The van der Waals surface area contributed by atoms with Crippen LogP contribution in [-0.4, -0.2) is 5.16 Å². The lowest BCUT2D eigenvalue weighted by Gasteiger charge is -1.97. The molecule has 0 amide bonds. The van der Waals surface area contributed by atoms with Gasteiger partial charge >= 0.3 is 5.82 Å². The summed E-state index contributed by atoms with van der Waals surface area (Å²) in [5, 5.41) is 4.73. The van der Waals surface area contributed by atoms with Crippen molar-refractivity contribution < 1.29 is 28.5 Å². The number of isothiocyanates is 1. The van der Waals surface area contributed by atoms with E-state index in [0.29, 0.717) is 0 Å². The molecule has 1 heterocycles. The molecule has 4 heteroatoms. The lowest BCUT2D eigenvalue weighted by Crippen LogP contribution is -3.00. The third-order valence-corrected chi connectivity index (χ3v) is 2.23. The van der Waals surface area contributed by atoms with Crippen molar-refractivity contribution in [2.45, 2.75) is 0 Å². The molecule has 0 saturated heterocycles. The normalized spacial score (nSPS) is 9.13. The number of hydrogen-bond acceptors (Lipinski definition) is 2. The van der Waals surface area contributed by atoms with E-state index in [2.05, 4.69) is 34.5 Å². The number of benzene rings is 1. The standard InChI is InChI=1S/C11H9N2S.HI/c1-13-7-10-5-3-2-4-9(10)6-11(13)12-8-14;/h2-7H,1H3;1H/q+1;/p-1. The SMILES string of the molecule is C[n+]1cc2ccccc2cc1N=C=S.[I-]. The maximum Gasteiger partial charge on any atom is 0.334 e. The van der Waals surface area contributed by atoms with Crippen molar-refractivity contribution in [2.75, 3.05) is 0 Å². The number of aryl methyl sites for hydroxylation is 1. The summed E-state index contributed by atoms with van der Waals surface area (Å²) in [7, 11) is 1.94. The van der Waals surface area contributed by atoms with Crippen molar-refractivity contribution >= 4 is 34.0 Å². The van der Waals surface area contributed by atoms with Crippen LogP contribution >= 0.6 is 12.2 Å². The molecule has 76 valence electrons. The molecule has 2 rings (SSSR count). The van der Waals surface area contributed by atoms with Gasteiger partial charge in [0, 0.05) is 28.7 Å². The second-order valence-corrected chi connectivity index (χ2v) is 3.26. The van der Waals surface area contributed by atoms with E-state index in [-0.39, 0.29) is 24.0 Å². The van der Waals surface area contributed by atoms with E-state index < -0.39 is 0 Å². The summed E-state index contributed by atoms with van der Waals surface area (Å²) in [4.78, 5) is 3.98. The van der Waals surface area contributed by atoms with Crippen molar-refractivity contribution in [3.63, 3.8) is 0 Å². The van der Waals surface area contributed by atoms with Crippen LogP contribution in [0.2, 0.25) is 0 Å². The summed E-state index contributed by atoms with van der Waals surface area (Å²) in [6, 6.07) is 10.1. The average molecular weight is 328 g/mol. The van der Waals surface area contributed by atoms with Crippen molar-refractivity contribution in [2.24, 2.45) is 12.0 Å². The van der Waals surface area contributed by atoms with Gasteiger partial charge in [-0.1, -0.05) is 24.3 Å². The highest BCUT2D eigenvalue weighted by atomic mass is 127. The summed E-state index contributed by atoms with van der Waals surface area (Å²) in [5.74, 6) is 0.818. The summed E-state index contributed by atoms with van der Waals surface area (Å²) < 4.78 is 1.93. The number of thiocarbonyl (C=S) groups is 1. The van der Waals surface area contributed by atoms with Gasteiger partial charge in [-0.2, -0.15) is 0 Å². The van der Waals surface area contributed by atoms with Crippen molar-refractivity contribution in [1.29, 1.82) is 0 Å². The second-order valence-electron chi connectivity index (χ2n) is 3.07. The highest BCUT2D eigenvalue weighted by Gasteiger charge is 2.05. The second kappa shape index (κ2) is 5.30.